The number of benzene rings is 2. The molecule has 3 N–H and O–H groups in total. The molecule has 0 amide bonds. The average molecular weight is 330 g/mol. The molecule has 0 spiro atoms. The molecule has 1 aliphatic heterocycles. The lowest BCUT2D eigenvalue weighted by atomic mass is 9.79. The molecule has 6 heteroatoms. The van der Waals surface area contributed by atoms with Crippen molar-refractivity contribution in [3.63, 3.8) is 0 Å². The van der Waals surface area contributed by atoms with Crippen LogP contribution in [0.25, 0.3) is 5.57 Å². The molecular formula is C17H18N2O3S. The second-order valence-electron chi connectivity index (χ2n) is 5.45. The Morgan fingerprint density at radius 1 is 1.13 bits per heavy atom. The predicted octanol–water partition coefficient (Wildman–Crippen LogP) is 2.52. The summed E-state index contributed by atoms with van der Waals surface area (Å²) in [6.07, 6.45) is 2.36. The largest absolute Gasteiger partial charge is 0.415 e. The first-order valence-corrected chi connectivity index (χ1v) is 8.84. The molecule has 23 heavy (non-hydrogen) atoms. The lowest BCUT2D eigenvalue weighted by Gasteiger charge is -2.30. The van der Waals surface area contributed by atoms with Gasteiger partial charge < -0.3 is 4.84 Å². The van der Waals surface area contributed by atoms with Crippen LogP contribution in [0, 0.1) is 0 Å². The number of nitrogens with two attached hydrogens (primary N) is 1. The number of hydrogen-bond donors (Lipinski definition) is 2. The summed E-state index contributed by atoms with van der Waals surface area (Å²) in [5.41, 5.74) is 5.22. The summed E-state index contributed by atoms with van der Waals surface area (Å²) in [6, 6.07) is 16.5. The third kappa shape index (κ3) is 2.76. The minimum Gasteiger partial charge on any atom is -0.415 e. The lowest BCUT2D eigenvalue weighted by Crippen LogP contribution is -2.38. The van der Waals surface area contributed by atoms with Crippen molar-refractivity contribution in [3.05, 3.63) is 72.0 Å². The van der Waals surface area contributed by atoms with Gasteiger partial charge >= 0.3 is 0 Å². The molecule has 5 nitrogen and oxygen atoms in total. The minimum absolute atomic E-state index is 0.0841. The standard InChI is InChI=1S/C17H18N2O3S/c1-2-17(14-8-4-3-5-9-14)16(12-22-19-17)13-7-6-10-15(11-13)23(18,20)21/h3-12,19H,2H2,1H3,(H2,18,20,21). The Balaban J connectivity index is 2.12. The van der Waals surface area contributed by atoms with E-state index in [1.807, 2.05) is 43.3 Å². The first-order valence-electron chi connectivity index (χ1n) is 7.29. The third-order valence-electron chi connectivity index (χ3n) is 4.14. The van der Waals surface area contributed by atoms with Gasteiger partial charge in [0.1, 0.15) is 11.8 Å². The summed E-state index contributed by atoms with van der Waals surface area (Å²) in [4.78, 5) is 5.49. The van der Waals surface area contributed by atoms with Gasteiger partial charge in [-0.05, 0) is 29.7 Å². The van der Waals surface area contributed by atoms with Gasteiger partial charge in [0.25, 0.3) is 0 Å². The normalized spacial score (nSPS) is 20.9. The van der Waals surface area contributed by atoms with Crippen LogP contribution in [-0.4, -0.2) is 8.42 Å². The zero-order valence-electron chi connectivity index (χ0n) is 12.7. The maximum atomic E-state index is 11.6. The van der Waals surface area contributed by atoms with Gasteiger partial charge in [0.05, 0.1) is 4.90 Å². The van der Waals surface area contributed by atoms with Gasteiger partial charge in [0, 0.05) is 5.57 Å². The maximum Gasteiger partial charge on any atom is 0.238 e. The number of hydroxylamine groups is 1. The fourth-order valence-corrected chi connectivity index (χ4v) is 3.46. The predicted molar refractivity (Wildman–Crippen MR) is 88.4 cm³/mol. The quantitative estimate of drug-likeness (QED) is 0.902. The molecule has 0 bridgehead atoms. The van der Waals surface area contributed by atoms with Crippen molar-refractivity contribution in [3.8, 4) is 0 Å². The topological polar surface area (TPSA) is 81.4 Å². The minimum atomic E-state index is -3.75. The molecule has 3 rings (SSSR count). The molecule has 1 unspecified atom stereocenters. The van der Waals surface area contributed by atoms with Crippen LogP contribution < -0.4 is 10.6 Å². The summed E-state index contributed by atoms with van der Waals surface area (Å²) in [5, 5.41) is 5.24. The second-order valence-corrected chi connectivity index (χ2v) is 7.01. The summed E-state index contributed by atoms with van der Waals surface area (Å²) >= 11 is 0. The first kappa shape index (κ1) is 15.7. The van der Waals surface area contributed by atoms with Crippen molar-refractivity contribution >= 4 is 15.6 Å². The fraction of sp³-hybridized carbons (Fsp3) is 0.176. The van der Waals surface area contributed by atoms with Crippen LogP contribution in [0.4, 0.5) is 0 Å². The van der Waals surface area contributed by atoms with Crippen LogP contribution in [0.2, 0.25) is 0 Å². The molecule has 1 atom stereocenters. The molecule has 2 aromatic rings. The van der Waals surface area contributed by atoms with E-state index in [0.717, 1.165) is 23.1 Å². The fourth-order valence-electron chi connectivity index (χ4n) is 2.90. The molecule has 0 aromatic heterocycles. The van der Waals surface area contributed by atoms with E-state index in [4.69, 9.17) is 9.98 Å². The van der Waals surface area contributed by atoms with Crippen molar-refractivity contribution in [1.29, 1.82) is 0 Å². The lowest BCUT2D eigenvalue weighted by molar-refractivity contribution is 0.0966. The number of rotatable bonds is 4. The van der Waals surface area contributed by atoms with Crippen LogP contribution in [-0.2, 0) is 20.4 Å². The van der Waals surface area contributed by atoms with Crippen LogP contribution in [0.1, 0.15) is 24.5 Å². The van der Waals surface area contributed by atoms with Crippen LogP contribution >= 0.6 is 0 Å². The number of nitrogens with one attached hydrogen (secondary N) is 1. The molecular weight excluding hydrogens is 312 g/mol. The van der Waals surface area contributed by atoms with Crippen molar-refractivity contribution < 1.29 is 13.3 Å². The Bertz CT molecular complexity index is 847. The van der Waals surface area contributed by atoms with Gasteiger partial charge in [-0.25, -0.2) is 13.6 Å². The highest BCUT2D eigenvalue weighted by Crippen LogP contribution is 2.42. The Hall–Kier alpha value is -2.15. The van der Waals surface area contributed by atoms with E-state index >= 15 is 0 Å². The smallest absolute Gasteiger partial charge is 0.238 e. The van der Waals surface area contributed by atoms with Crippen molar-refractivity contribution in [2.45, 2.75) is 23.8 Å². The van der Waals surface area contributed by atoms with Gasteiger partial charge in [0.15, 0.2) is 0 Å². The third-order valence-corrected chi connectivity index (χ3v) is 5.05. The van der Waals surface area contributed by atoms with Gasteiger partial charge in [0.2, 0.25) is 10.0 Å². The van der Waals surface area contributed by atoms with Crippen molar-refractivity contribution in [1.82, 2.24) is 5.48 Å². The molecule has 120 valence electrons. The average Bonchev–Trinajstić information content (AvgIpc) is 3.00. The van der Waals surface area contributed by atoms with E-state index in [2.05, 4.69) is 5.48 Å². The molecule has 1 aliphatic rings. The van der Waals surface area contributed by atoms with Crippen LogP contribution in [0.15, 0.2) is 65.8 Å². The molecule has 1 heterocycles. The summed E-state index contributed by atoms with van der Waals surface area (Å²) in [7, 11) is -3.75. The van der Waals surface area contributed by atoms with Gasteiger partial charge in [-0.15, -0.1) is 5.48 Å². The maximum absolute atomic E-state index is 11.6. The SMILES string of the molecule is CCC1(c2ccccc2)NOC=C1c1cccc(S(N)(=O)=O)c1. The van der Waals surface area contributed by atoms with E-state index in [0.29, 0.717) is 0 Å². The van der Waals surface area contributed by atoms with Gasteiger partial charge in [-0.2, -0.15) is 0 Å². The van der Waals surface area contributed by atoms with Crippen LogP contribution in [0.3, 0.4) is 0 Å². The molecule has 2 aromatic carbocycles. The zero-order valence-corrected chi connectivity index (χ0v) is 13.5. The van der Waals surface area contributed by atoms with E-state index in [1.165, 1.54) is 6.07 Å². The van der Waals surface area contributed by atoms with Gasteiger partial charge in [-0.3, -0.25) is 0 Å². The summed E-state index contributed by atoms with van der Waals surface area (Å²) in [6.45, 7) is 2.05. The molecule has 0 saturated carbocycles. The summed E-state index contributed by atoms with van der Waals surface area (Å²) < 4.78 is 23.2. The van der Waals surface area contributed by atoms with E-state index in [1.54, 1.807) is 18.4 Å². The van der Waals surface area contributed by atoms with Gasteiger partial charge in [-0.1, -0.05) is 49.4 Å². The van der Waals surface area contributed by atoms with Crippen LogP contribution in [0.5, 0.6) is 0 Å². The van der Waals surface area contributed by atoms with E-state index in [9.17, 15) is 8.42 Å². The Labute approximate surface area is 135 Å². The van der Waals surface area contributed by atoms with E-state index in [-0.39, 0.29) is 4.90 Å². The second kappa shape index (κ2) is 5.81. The number of primary sulfonamides is 1. The highest BCUT2D eigenvalue weighted by molar-refractivity contribution is 7.89. The Morgan fingerprint density at radius 2 is 1.87 bits per heavy atom. The number of hydrogen-bond acceptors (Lipinski definition) is 4. The summed E-state index contributed by atoms with van der Waals surface area (Å²) in [5.74, 6) is 0. The Morgan fingerprint density at radius 3 is 2.52 bits per heavy atom. The zero-order chi connectivity index (χ0) is 16.5. The molecule has 0 saturated heterocycles. The molecule has 0 radical (unpaired) electrons. The number of sulfonamides is 1. The molecule has 0 aliphatic carbocycles. The van der Waals surface area contributed by atoms with Crippen molar-refractivity contribution in [2.24, 2.45) is 5.14 Å². The Kier molecular flexibility index (Phi) is 3.97. The highest BCUT2D eigenvalue weighted by Gasteiger charge is 2.40. The van der Waals surface area contributed by atoms with Crippen molar-refractivity contribution in [2.75, 3.05) is 0 Å². The monoisotopic (exact) mass is 330 g/mol. The molecule has 0 fully saturated rings. The van der Waals surface area contributed by atoms with E-state index < -0.39 is 15.6 Å². The highest BCUT2D eigenvalue weighted by atomic mass is 32.2. The first-order chi connectivity index (χ1) is 11.0.